The third-order valence-electron chi connectivity index (χ3n) is 8.90. The molecule has 4 rings (SSSR count). The molecule has 3 fully saturated rings. The van der Waals surface area contributed by atoms with Crippen LogP contribution in [-0.2, 0) is 14.3 Å². The lowest BCUT2D eigenvalue weighted by atomic mass is 9.44. The van der Waals surface area contributed by atoms with Crippen LogP contribution in [0.1, 0.15) is 65.7 Å². The number of halogens is 1. The molecule has 0 saturated heterocycles. The number of allylic oxidation sites excluding steroid dienone is 2. The van der Waals surface area contributed by atoms with Crippen molar-refractivity contribution in [2.24, 2.45) is 34.5 Å². The monoisotopic (exact) mass is 408 g/mol. The van der Waals surface area contributed by atoms with Crippen molar-refractivity contribution in [1.82, 2.24) is 0 Å². The molecule has 156 valence electrons. The van der Waals surface area contributed by atoms with Gasteiger partial charge in [0.25, 0.3) is 0 Å². The van der Waals surface area contributed by atoms with Crippen LogP contribution >= 0.6 is 11.6 Å². The molecule has 0 aromatic carbocycles. The van der Waals surface area contributed by atoms with E-state index in [2.05, 4.69) is 19.9 Å². The van der Waals surface area contributed by atoms with Gasteiger partial charge < -0.3 is 9.84 Å². The number of aliphatic hydroxyl groups is 1. The molecule has 4 aliphatic rings. The van der Waals surface area contributed by atoms with E-state index >= 15 is 0 Å². The lowest BCUT2D eigenvalue weighted by Gasteiger charge is -2.62. The van der Waals surface area contributed by atoms with Crippen LogP contribution in [0.3, 0.4) is 0 Å². The van der Waals surface area contributed by atoms with Crippen LogP contribution in [0.2, 0.25) is 0 Å². The average molecular weight is 409 g/mol. The third kappa shape index (κ3) is 2.98. The molecule has 0 aromatic rings. The number of Topliss-reactive ketones (excluding diaryl/α,β-unsaturated/α-hetero) is 1. The minimum absolute atomic E-state index is 0.0692. The van der Waals surface area contributed by atoms with Gasteiger partial charge in [0.15, 0.2) is 5.78 Å². The van der Waals surface area contributed by atoms with E-state index in [1.54, 1.807) is 6.92 Å². The van der Waals surface area contributed by atoms with E-state index in [-0.39, 0.29) is 46.6 Å². The molecular weight excluding hydrogens is 376 g/mol. The Kier molecular flexibility index (Phi) is 5.19. The summed E-state index contributed by atoms with van der Waals surface area (Å²) in [6.07, 6.45) is 8.26. The number of esters is 1. The summed E-state index contributed by atoms with van der Waals surface area (Å²) in [7, 11) is 0. The lowest BCUT2D eigenvalue weighted by molar-refractivity contribution is -0.191. The van der Waals surface area contributed by atoms with Crippen molar-refractivity contribution >= 4 is 23.4 Å². The van der Waals surface area contributed by atoms with Gasteiger partial charge in [0, 0.05) is 11.3 Å². The van der Waals surface area contributed by atoms with E-state index < -0.39 is 0 Å². The Bertz CT molecular complexity index is 703. The predicted octanol–water partition coefficient (Wildman–Crippen LogP) is 4.28. The molecule has 5 heteroatoms. The highest BCUT2D eigenvalue weighted by atomic mass is 35.5. The van der Waals surface area contributed by atoms with Crippen LogP contribution in [0.15, 0.2) is 11.6 Å². The first-order valence-electron chi connectivity index (χ1n) is 10.9. The molecule has 0 amide bonds. The van der Waals surface area contributed by atoms with E-state index in [0.29, 0.717) is 24.2 Å². The fraction of sp³-hybridized carbons (Fsp3) is 0.826. The number of ether oxygens (including phenoxy) is 1. The molecule has 0 spiro atoms. The standard InChI is InChI=1S/C23H33ClO4/c1-13(25)17-6-7-18-16-5-4-14-10-15(26)8-9-22(14,2)21(16)19(11-23(17,18)3)28-20(27)12-24/h6,14-16,18-19,21,26H,4-5,7-12H2,1-3H3/t14-,15-,16-,18-,19-,21+,22-,23+/m0/s1. The summed E-state index contributed by atoms with van der Waals surface area (Å²) in [5.74, 6) is 1.28. The van der Waals surface area contributed by atoms with Crippen molar-refractivity contribution in [1.29, 1.82) is 0 Å². The van der Waals surface area contributed by atoms with Crippen molar-refractivity contribution in [3.05, 3.63) is 11.6 Å². The highest BCUT2D eigenvalue weighted by Gasteiger charge is 2.63. The van der Waals surface area contributed by atoms with Crippen molar-refractivity contribution < 1.29 is 19.4 Å². The zero-order valence-corrected chi connectivity index (χ0v) is 18.0. The molecule has 4 nitrogen and oxygen atoms in total. The summed E-state index contributed by atoms with van der Waals surface area (Å²) >= 11 is 5.79. The minimum atomic E-state index is -0.361. The van der Waals surface area contributed by atoms with E-state index in [9.17, 15) is 14.7 Å². The maximum absolute atomic E-state index is 12.4. The molecule has 8 atom stereocenters. The molecule has 0 bridgehead atoms. The second kappa shape index (κ2) is 7.12. The Morgan fingerprint density at radius 2 is 2.04 bits per heavy atom. The first-order valence-corrected chi connectivity index (χ1v) is 11.4. The van der Waals surface area contributed by atoms with Gasteiger partial charge in [-0.1, -0.05) is 19.9 Å². The molecule has 3 saturated carbocycles. The Hall–Kier alpha value is -0.870. The summed E-state index contributed by atoms with van der Waals surface area (Å²) in [6.45, 7) is 6.22. The summed E-state index contributed by atoms with van der Waals surface area (Å²) in [5.41, 5.74) is 0.774. The molecule has 4 aliphatic carbocycles. The van der Waals surface area contributed by atoms with Gasteiger partial charge in [0.2, 0.25) is 0 Å². The maximum atomic E-state index is 12.4. The van der Waals surface area contributed by atoms with Crippen LogP contribution in [0.5, 0.6) is 0 Å². The van der Waals surface area contributed by atoms with E-state index in [0.717, 1.165) is 44.1 Å². The molecule has 0 radical (unpaired) electrons. The van der Waals surface area contributed by atoms with Crippen LogP contribution in [0.25, 0.3) is 0 Å². The molecule has 0 aromatic heterocycles. The van der Waals surface area contributed by atoms with Gasteiger partial charge >= 0.3 is 5.97 Å². The summed E-state index contributed by atoms with van der Waals surface area (Å²) < 4.78 is 5.98. The Balaban J connectivity index is 1.73. The predicted molar refractivity (Wildman–Crippen MR) is 108 cm³/mol. The number of carbonyl (C=O) groups is 2. The number of alkyl halides is 1. The van der Waals surface area contributed by atoms with Gasteiger partial charge in [0.1, 0.15) is 12.0 Å². The van der Waals surface area contributed by atoms with Crippen LogP contribution < -0.4 is 0 Å². The first-order chi connectivity index (χ1) is 13.2. The topological polar surface area (TPSA) is 63.6 Å². The van der Waals surface area contributed by atoms with Crippen LogP contribution in [-0.4, -0.2) is 34.9 Å². The smallest absolute Gasteiger partial charge is 0.321 e. The largest absolute Gasteiger partial charge is 0.461 e. The third-order valence-corrected chi connectivity index (χ3v) is 9.12. The zero-order chi connectivity index (χ0) is 20.3. The lowest BCUT2D eigenvalue weighted by Crippen LogP contribution is -2.59. The quantitative estimate of drug-likeness (QED) is 0.559. The number of hydrogen-bond donors (Lipinski definition) is 1. The normalized spacial score (nSPS) is 47.4. The zero-order valence-electron chi connectivity index (χ0n) is 17.2. The van der Waals surface area contributed by atoms with Crippen molar-refractivity contribution in [2.75, 3.05) is 5.88 Å². The number of carbonyl (C=O) groups excluding carboxylic acids is 2. The number of hydrogen-bond acceptors (Lipinski definition) is 4. The molecule has 28 heavy (non-hydrogen) atoms. The Morgan fingerprint density at radius 1 is 1.29 bits per heavy atom. The van der Waals surface area contributed by atoms with E-state index in [1.807, 2.05) is 0 Å². The van der Waals surface area contributed by atoms with Gasteiger partial charge in [-0.3, -0.25) is 9.59 Å². The molecule has 0 unspecified atom stereocenters. The minimum Gasteiger partial charge on any atom is -0.461 e. The first kappa shape index (κ1) is 20.4. The van der Waals surface area contributed by atoms with Crippen LogP contribution in [0.4, 0.5) is 0 Å². The summed E-state index contributed by atoms with van der Waals surface area (Å²) in [5, 5.41) is 10.2. The van der Waals surface area contributed by atoms with Gasteiger partial charge in [-0.05, 0) is 80.6 Å². The number of ketones is 1. The van der Waals surface area contributed by atoms with Gasteiger partial charge in [-0.25, -0.2) is 0 Å². The fourth-order valence-electron chi connectivity index (χ4n) is 7.75. The average Bonchev–Trinajstić information content (AvgIpc) is 2.98. The number of aliphatic hydroxyl groups excluding tert-OH is 1. The van der Waals surface area contributed by atoms with E-state index in [1.165, 1.54) is 0 Å². The van der Waals surface area contributed by atoms with Crippen molar-refractivity contribution in [3.8, 4) is 0 Å². The second-order valence-corrected chi connectivity index (χ2v) is 10.5. The van der Waals surface area contributed by atoms with Crippen molar-refractivity contribution in [3.63, 3.8) is 0 Å². The highest BCUT2D eigenvalue weighted by Crippen LogP contribution is 2.66. The highest BCUT2D eigenvalue weighted by molar-refractivity contribution is 6.26. The number of rotatable bonds is 3. The van der Waals surface area contributed by atoms with Crippen molar-refractivity contribution in [2.45, 2.75) is 77.9 Å². The van der Waals surface area contributed by atoms with Gasteiger partial charge in [0.05, 0.1) is 6.10 Å². The fourth-order valence-corrected chi connectivity index (χ4v) is 7.81. The van der Waals surface area contributed by atoms with Gasteiger partial charge in [-0.15, -0.1) is 11.6 Å². The second-order valence-electron chi connectivity index (χ2n) is 10.2. The molecular formula is C23H33ClO4. The number of fused-ring (bicyclic) bond motifs is 5. The Morgan fingerprint density at radius 3 is 2.71 bits per heavy atom. The van der Waals surface area contributed by atoms with Gasteiger partial charge in [-0.2, -0.15) is 0 Å². The summed E-state index contributed by atoms with van der Waals surface area (Å²) in [6, 6.07) is 0. The molecule has 0 heterocycles. The molecule has 1 N–H and O–H groups in total. The summed E-state index contributed by atoms with van der Waals surface area (Å²) in [4.78, 5) is 24.6. The van der Waals surface area contributed by atoms with E-state index in [4.69, 9.17) is 16.3 Å². The SMILES string of the molecule is CC(=O)C1=CC[C@H]2[C@@H]3CC[C@H]4C[C@@H](O)CC[C@]4(C)[C@H]3[C@@H](OC(=O)CCl)C[C@]12C. The van der Waals surface area contributed by atoms with Crippen LogP contribution in [0, 0.1) is 34.5 Å². The molecule has 0 aliphatic heterocycles. The maximum Gasteiger partial charge on any atom is 0.321 e. The Labute approximate surface area is 173 Å².